The molecule has 0 amide bonds. The summed E-state index contributed by atoms with van der Waals surface area (Å²) in [5.41, 5.74) is 0. The van der Waals surface area contributed by atoms with E-state index in [4.69, 9.17) is 5.41 Å². The van der Waals surface area contributed by atoms with Crippen LogP contribution < -0.4 is 0 Å². The van der Waals surface area contributed by atoms with Crippen LogP contribution in [0.25, 0.3) is 0 Å². The first-order valence-corrected chi connectivity index (χ1v) is 2.09. The quantitative estimate of drug-likeness (QED) is 0.494. The second-order valence-corrected chi connectivity index (χ2v) is 1.01. The molecule has 1 nitrogen and oxygen atoms in total. The molecule has 3 heteroatoms. The molecular weight excluding hydrogens is 198 g/mol. The second-order valence-electron chi connectivity index (χ2n) is 0.358. The van der Waals surface area contributed by atoms with E-state index in [1.54, 1.807) is 0 Å². The van der Waals surface area contributed by atoms with Crippen LogP contribution in [0.5, 0.6) is 0 Å². The third kappa shape index (κ3) is 12.1. The fourth-order valence-electron chi connectivity index (χ4n) is 0. The first-order valence-electron chi connectivity index (χ1n) is 0.964. The molecule has 0 radical (unpaired) electrons. The van der Waals surface area contributed by atoms with Gasteiger partial charge in [-0.15, -0.1) is 17.0 Å². The Morgan fingerprint density at radius 2 is 2.00 bits per heavy atom. The normalized spacial score (nSPS) is 5.00. The molecule has 0 aliphatic carbocycles. The number of hydrogen-bond acceptors (Lipinski definition) is 1. The van der Waals surface area contributed by atoms with Crippen molar-refractivity contribution in [3.63, 3.8) is 0 Å². The number of rotatable bonds is 1. The molecule has 1 N–H and O–H groups in total. The van der Waals surface area contributed by atoms with Gasteiger partial charge >= 0.3 is 0 Å². The summed E-state index contributed by atoms with van der Waals surface area (Å²) in [5.74, 6) is 0. The lowest BCUT2D eigenvalue weighted by Crippen LogP contribution is -1.59. The molecule has 0 heterocycles. The van der Waals surface area contributed by atoms with E-state index in [0.29, 0.717) is 5.33 Å². The lowest BCUT2D eigenvalue weighted by Gasteiger charge is -1.53. The van der Waals surface area contributed by atoms with Crippen molar-refractivity contribution in [2.75, 3.05) is 5.33 Å². The molecule has 0 rings (SSSR count). The van der Waals surface area contributed by atoms with E-state index in [1.807, 2.05) is 0 Å². The Labute approximate surface area is 50.2 Å². The summed E-state index contributed by atoms with van der Waals surface area (Å²) < 4.78 is 0. The van der Waals surface area contributed by atoms with Crippen LogP contribution in [0.1, 0.15) is 0 Å². The van der Waals surface area contributed by atoms with Gasteiger partial charge in [-0.1, -0.05) is 15.9 Å². The topological polar surface area (TPSA) is 23.9 Å². The monoisotopic (exact) mass is 201 g/mol. The molecule has 0 atom stereocenters. The molecule has 0 saturated carbocycles. The SMILES string of the molecule is Br.N=CCBr. The molecule has 32 valence electrons. The average molecular weight is 203 g/mol. The zero-order valence-corrected chi connectivity index (χ0v) is 5.87. The van der Waals surface area contributed by atoms with E-state index in [9.17, 15) is 0 Å². The molecule has 0 aliphatic heterocycles. The maximum absolute atomic E-state index is 6.28. The Hall–Kier alpha value is 0.630. The van der Waals surface area contributed by atoms with Gasteiger partial charge < -0.3 is 5.41 Å². The fourth-order valence-corrected chi connectivity index (χ4v) is 0. The first-order chi connectivity index (χ1) is 1.91. The van der Waals surface area contributed by atoms with E-state index in [0.717, 1.165) is 0 Å². The van der Waals surface area contributed by atoms with Gasteiger partial charge in [0.1, 0.15) is 0 Å². The summed E-state index contributed by atoms with van der Waals surface area (Å²) in [7, 11) is 0. The van der Waals surface area contributed by atoms with E-state index in [2.05, 4.69) is 15.9 Å². The van der Waals surface area contributed by atoms with Crippen LogP contribution in [0.4, 0.5) is 0 Å². The molecule has 0 aromatic heterocycles. The van der Waals surface area contributed by atoms with Crippen molar-refractivity contribution in [1.29, 1.82) is 5.41 Å². The predicted octanol–water partition coefficient (Wildman–Crippen LogP) is 1.61. The van der Waals surface area contributed by atoms with Crippen LogP contribution in [0, 0.1) is 5.41 Å². The van der Waals surface area contributed by atoms with Crippen LogP contribution in [0.3, 0.4) is 0 Å². The second kappa shape index (κ2) is 8.82. The summed E-state index contributed by atoms with van der Waals surface area (Å²) in [5, 5.41) is 6.95. The van der Waals surface area contributed by atoms with E-state index in [-0.39, 0.29) is 17.0 Å². The Balaban J connectivity index is 0. The van der Waals surface area contributed by atoms with Crippen LogP contribution in [-0.2, 0) is 0 Å². The summed E-state index contributed by atoms with van der Waals surface area (Å²) in [6.07, 6.45) is 1.29. The van der Waals surface area contributed by atoms with Crippen molar-refractivity contribution in [3.8, 4) is 0 Å². The molecule has 0 bridgehead atoms. The minimum atomic E-state index is 0. The zero-order chi connectivity index (χ0) is 3.41. The standard InChI is InChI=1S/C2H4BrN.BrH/c3-1-2-4;/h2,4H,1H2;1H. The molecule has 0 fully saturated rings. The van der Waals surface area contributed by atoms with Gasteiger partial charge in [0, 0.05) is 11.5 Å². The number of alkyl halides is 1. The van der Waals surface area contributed by atoms with Gasteiger partial charge in [0.25, 0.3) is 0 Å². The fraction of sp³-hybridized carbons (Fsp3) is 0.500. The van der Waals surface area contributed by atoms with Gasteiger partial charge in [0.05, 0.1) is 0 Å². The Bertz CT molecular complexity index is 21.6. The van der Waals surface area contributed by atoms with Gasteiger partial charge in [-0.3, -0.25) is 0 Å². The minimum absolute atomic E-state index is 0. The highest BCUT2D eigenvalue weighted by Gasteiger charge is 1.50. The van der Waals surface area contributed by atoms with Crippen molar-refractivity contribution in [2.45, 2.75) is 0 Å². The maximum Gasteiger partial charge on any atom is 0.0379 e. The summed E-state index contributed by atoms with van der Waals surface area (Å²) in [4.78, 5) is 0. The van der Waals surface area contributed by atoms with E-state index < -0.39 is 0 Å². The highest BCUT2D eigenvalue weighted by atomic mass is 79.9. The summed E-state index contributed by atoms with van der Waals surface area (Å²) in [6, 6.07) is 0. The van der Waals surface area contributed by atoms with Crippen molar-refractivity contribution >= 4 is 39.1 Å². The third-order valence-corrected chi connectivity index (χ3v) is 0.401. The van der Waals surface area contributed by atoms with Crippen LogP contribution >= 0.6 is 32.9 Å². The molecule has 0 saturated heterocycles. The molecule has 0 unspecified atom stereocenters. The maximum atomic E-state index is 6.28. The lowest BCUT2D eigenvalue weighted by molar-refractivity contribution is 1.56. The molecule has 0 aliphatic rings. The van der Waals surface area contributed by atoms with Crippen molar-refractivity contribution < 1.29 is 0 Å². The molecule has 5 heavy (non-hydrogen) atoms. The summed E-state index contributed by atoms with van der Waals surface area (Å²) in [6.45, 7) is 0. The van der Waals surface area contributed by atoms with Crippen LogP contribution in [-0.4, -0.2) is 11.5 Å². The summed E-state index contributed by atoms with van der Waals surface area (Å²) >= 11 is 3.01. The molecule has 0 aromatic rings. The van der Waals surface area contributed by atoms with Gasteiger partial charge in [-0.2, -0.15) is 0 Å². The minimum Gasteiger partial charge on any atom is -0.312 e. The largest absolute Gasteiger partial charge is 0.312 e. The molecule has 0 spiro atoms. The van der Waals surface area contributed by atoms with Gasteiger partial charge in [-0.05, 0) is 0 Å². The van der Waals surface area contributed by atoms with Crippen molar-refractivity contribution in [1.82, 2.24) is 0 Å². The molecule has 0 aromatic carbocycles. The van der Waals surface area contributed by atoms with E-state index in [1.165, 1.54) is 6.21 Å². The Morgan fingerprint density at radius 3 is 2.00 bits per heavy atom. The lowest BCUT2D eigenvalue weighted by atomic mass is 10.9. The van der Waals surface area contributed by atoms with Crippen molar-refractivity contribution in [2.24, 2.45) is 0 Å². The number of halogens is 2. The first kappa shape index (κ1) is 9.16. The number of hydrogen-bond donors (Lipinski definition) is 1. The smallest absolute Gasteiger partial charge is 0.0379 e. The zero-order valence-electron chi connectivity index (χ0n) is 2.57. The van der Waals surface area contributed by atoms with Gasteiger partial charge in [0.2, 0.25) is 0 Å². The molecular formula is C2H5Br2N. The van der Waals surface area contributed by atoms with E-state index >= 15 is 0 Å². The Kier molecular flexibility index (Phi) is 16.2. The highest BCUT2D eigenvalue weighted by Crippen LogP contribution is 1.65. The van der Waals surface area contributed by atoms with Gasteiger partial charge in [-0.25, -0.2) is 0 Å². The van der Waals surface area contributed by atoms with Gasteiger partial charge in [0.15, 0.2) is 0 Å². The van der Waals surface area contributed by atoms with Crippen LogP contribution in [0.15, 0.2) is 0 Å². The third-order valence-electron chi connectivity index (χ3n) is 0.0772. The predicted molar refractivity (Wildman–Crippen MR) is 32.9 cm³/mol. The Morgan fingerprint density at radius 1 is 1.80 bits per heavy atom. The average Bonchev–Trinajstić information content (AvgIpc) is 1.37. The van der Waals surface area contributed by atoms with Crippen LogP contribution in [0.2, 0.25) is 0 Å². The highest BCUT2D eigenvalue weighted by molar-refractivity contribution is 9.09. The van der Waals surface area contributed by atoms with Crippen molar-refractivity contribution in [3.05, 3.63) is 0 Å². The number of nitrogens with one attached hydrogen (secondary N) is 1.